The lowest BCUT2D eigenvalue weighted by molar-refractivity contribution is 0.158. The average molecular weight is 178 g/mol. The lowest BCUT2D eigenvalue weighted by Crippen LogP contribution is -2.18. The van der Waals surface area contributed by atoms with Gasteiger partial charge in [0, 0.05) is 0 Å². The van der Waals surface area contributed by atoms with E-state index in [-0.39, 0.29) is 6.10 Å². The van der Waals surface area contributed by atoms with Crippen molar-refractivity contribution in [3.63, 3.8) is 0 Å². The first-order chi connectivity index (χ1) is 6.31. The Kier molecular flexibility index (Phi) is 2.23. The molecule has 1 N–H and O–H groups in total. The highest BCUT2D eigenvalue weighted by atomic mass is 16.5. The van der Waals surface area contributed by atoms with Crippen LogP contribution in [0.2, 0.25) is 0 Å². The Labute approximate surface area is 78.2 Å². The summed E-state index contributed by atoms with van der Waals surface area (Å²) >= 11 is 0. The van der Waals surface area contributed by atoms with Gasteiger partial charge in [0.2, 0.25) is 0 Å². The molecule has 1 aromatic carbocycles. The Morgan fingerprint density at radius 1 is 1.46 bits per heavy atom. The third-order valence-corrected chi connectivity index (χ3v) is 2.63. The summed E-state index contributed by atoms with van der Waals surface area (Å²) in [5.41, 5.74) is 2.51. The van der Waals surface area contributed by atoms with Crippen LogP contribution in [0.4, 0.5) is 0 Å². The van der Waals surface area contributed by atoms with Crippen molar-refractivity contribution < 1.29 is 9.84 Å². The highest BCUT2D eigenvalue weighted by molar-refractivity contribution is 5.42. The number of rotatable bonds is 1. The summed E-state index contributed by atoms with van der Waals surface area (Å²) in [5, 5.41) is 9.48. The van der Waals surface area contributed by atoms with Gasteiger partial charge in [0.15, 0.2) is 0 Å². The van der Waals surface area contributed by atoms with E-state index in [1.165, 1.54) is 11.1 Å². The molecular weight excluding hydrogens is 164 g/mol. The van der Waals surface area contributed by atoms with Gasteiger partial charge in [-0.2, -0.15) is 0 Å². The molecule has 1 unspecified atom stereocenters. The minimum Gasteiger partial charge on any atom is -0.496 e. The van der Waals surface area contributed by atoms with Crippen molar-refractivity contribution in [3.05, 3.63) is 29.3 Å². The molecule has 2 nitrogen and oxygen atoms in total. The van der Waals surface area contributed by atoms with Crippen molar-refractivity contribution in [1.29, 1.82) is 0 Å². The third-order valence-electron chi connectivity index (χ3n) is 2.63. The molecule has 0 saturated heterocycles. The number of fused-ring (bicyclic) bond motifs is 1. The summed E-state index contributed by atoms with van der Waals surface area (Å²) in [5.74, 6) is 0.962. The molecule has 0 saturated carbocycles. The Hall–Kier alpha value is -1.02. The maximum atomic E-state index is 9.48. The smallest absolute Gasteiger partial charge is 0.122 e. The van der Waals surface area contributed by atoms with Gasteiger partial charge in [-0.05, 0) is 36.5 Å². The van der Waals surface area contributed by atoms with Crippen molar-refractivity contribution >= 4 is 0 Å². The first kappa shape index (κ1) is 8.57. The summed E-state index contributed by atoms with van der Waals surface area (Å²) in [6.45, 7) is 0. The quantitative estimate of drug-likeness (QED) is 0.707. The van der Waals surface area contributed by atoms with E-state index in [1.807, 2.05) is 12.1 Å². The molecule has 0 aromatic heterocycles. The Balaban J connectivity index is 2.39. The molecular formula is C11H14O2. The zero-order valence-electron chi connectivity index (χ0n) is 7.79. The molecule has 0 aliphatic heterocycles. The average Bonchev–Trinajstić information content (AvgIpc) is 2.16. The molecule has 1 aliphatic carbocycles. The van der Waals surface area contributed by atoms with E-state index in [0.29, 0.717) is 0 Å². The van der Waals surface area contributed by atoms with E-state index < -0.39 is 0 Å². The van der Waals surface area contributed by atoms with Crippen LogP contribution in [-0.2, 0) is 12.8 Å². The van der Waals surface area contributed by atoms with Gasteiger partial charge in [0.05, 0.1) is 13.2 Å². The zero-order valence-corrected chi connectivity index (χ0v) is 7.79. The summed E-state index contributed by atoms with van der Waals surface area (Å²) in [4.78, 5) is 0. The fourth-order valence-corrected chi connectivity index (χ4v) is 1.94. The van der Waals surface area contributed by atoms with Gasteiger partial charge in [0.25, 0.3) is 0 Å². The van der Waals surface area contributed by atoms with Crippen LogP contribution in [0.15, 0.2) is 18.2 Å². The molecule has 0 amide bonds. The van der Waals surface area contributed by atoms with Crippen molar-refractivity contribution in [2.45, 2.75) is 25.4 Å². The van der Waals surface area contributed by atoms with Crippen molar-refractivity contribution in [3.8, 4) is 5.75 Å². The number of aliphatic hydroxyl groups is 1. The van der Waals surface area contributed by atoms with Crippen LogP contribution >= 0.6 is 0 Å². The van der Waals surface area contributed by atoms with Gasteiger partial charge in [-0.1, -0.05) is 12.1 Å². The number of aliphatic hydroxyl groups excluding tert-OH is 1. The highest BCUT2D eigenvalue weighted by Crippen LogP contribution is 2.29. The molecule has 2 rings (SSSR count). The molecule has 70 valence electrons. The van der Waals surface area contributed by atoms with E-state index in [4.69, 9.17) is 4.74 Å². The molecule has 2 heteroatoms. The Bertz CT molecular complexity index is 307. The van der Waals surface area contributed by atoms with Crippen LogP contribution in [0, 0.1) is 0 Å². The lowest BCUT2D eigenvalue weighted by atomic mass is 9.89. The first-order valence-corrected chi connectivity index (χ1v) is 4.64. The lowest BCUT2D eigenvalue weighted by Gasteiger charge is -2.22. The second-order valence-electron chi connectivity index (χ2n) is 3.49. The molecule has 0 spiro atoms. The van der Waals surface area contributed by atoms with Gasteiger partial charge >= 0.3 is 0 Å². The fraction of sp³-hybridized carbons (Fsp3) is 0.455. The normalized spacial score (nSPS) is 20.9. The van der Waals surface area contributed by atoms with E-state index in [1.54, 1.807) is 7.11 Å². The number of benzene rings is 1. The van der Waals surface area contributed by atoms with Crippen LogP contribution in [0.1, 0.15) is 17.5 Å². The predicted octanol–water partition coefficient (Wildman–Crippen LogP) is 1.54. The monoisotopic (exact) mass is 178 g/mol. The summed E-state index contributed by atoms with van der Waals surface area (Å²) < 4.78 is 5.27. The highest BCUT2D eigenvalue weighted by Gasteiger charge is 2.18. The predicted molar refractivity (Wildman–Crippen MR) is 51.0 cm³/mol. The number of hydrogen-bond acceptors (Lipinski definition) is 2. The van der Waals surface area contributed by atoms with Crippen LogP contribution < -0.4 is 4.74 Å². The van der Waals surface area contributed by atoms with E-state index in [2.05, 4.69) is 6.07 Å². The van der Waals surface area contributed by atoms with Gasteiger partial charge in [0.1, 0.15) is 5.75 Å². The minimum absolute atomic E-state index is 0.167. The molecule has 0 fully saturated rings. The molecule has 13 heavy (non-hydrogen) atoms. The largest absolute Gasteiger partial charge is 0.496 e. The summed E-state index contributed by atoms with van der Waals surface area (Å²) in [7, 11) is 1.70. The number of methoxy groups -OCH3 is 1. The maximum absolute atomic E-state index is 9.48. The standard InChI is InChI=1S/C11H14O2/c1-13-11-4-2-3-8-7-9(12)5-6-10(8)11/h2-4,9,12H,5-7H2,1H3. The number of hydrogen-bond donors (Lipinski definition) is 1. The summed E-state index contributed by atoms with van der Waals surface area (Å²) in [6.07, 6.45) is 2.39. The van der Waals surface area contributed by atoms with E-state index >= 15 is 0 Å². The Morgan fingerprint density at radius 3 is 3.08 bits per heavy atom. The van der Waals surface area contributed by atoms with Crippen molar-refractivity contribution in [2.24, 2.45) is 0 Å². The van der Waals surface area contributed by atoms with Crippen LogP contribution in [0.3, 0.4) is 0 Å². The third kappa shape index (κ3) is 1.54. The topological polar surface area (TPSA) is 29.5 Å². The summed E-state index contributed by atoms with van der Waals surface area (Å²) in [6, 6.07) is 6.03. The van der Waals surface area contributed by atoms with E-state index in [9.17, 15) is 5.11 Å². The van der Waals surface area contributed by atoms with E-state index in [0.717, 1.165) is 25.0 Å². The molecule has 0 heterocycles. The second-order valence-corrected chi connectivity index (χ2v) is 3.49. The SMILES string of the molecule is COc1cccc2c1CCC(O)C2. The van der Waals surface area contributed by atoms with Crippen LogP contribution in [0.25, 0.3) is 0 Å². The van der Waals surface area contributed by atoms with Gasteiger partial charge in [-0.3, -0.25) is 0 Å². The van der Waals surface area contributed by atoms with Gasteiger partial charge < -0.3 is 9.84 Å². The first-order valence-electron chi connectivity index (χ1n) is 4.64. The Morgan fingerprint density at radius 2 is 2.31 bits per heavy atom. The minimum atomic E-state index is -0.167. The zero-order chi connectivity index (χ0) is 9.26. The van der Waals surface area contributed by atoms with Gasteiger partial charge in [-0.25, -0.2) is 0 Å². The molecule has 1 aromatic rings. The molecule has 0 bridgehead atoms. The van der Waals surface area contributed by atoms with Crippen LogP contribution in [-0.4, -0.2) is 18.3 Å². The fourth-order valence-electron chi connectivity index (χ4n) is 1.94. The molecule has 1 aliphatic rings. The van der Waals surface area contributed by atoms with Crippen molar-refractivity contribution in [1.82, 2.24) is 0 Å². The second kappa shape index (κ2) is 3.38. The number of ether oxygens (including phenoxy) is 1. The van der Waals surface area contributed by atoms with Crippen LogP contribution in [0.5, 0.6) is 5.75 Å². The van der Waals surface area contributed by atoms with Crippen molar-refractivity contribution in [2.75, 3.05) is 7.11 Å². The molecule has 0 radical (unpaired) electrons. The maximum Gasteiger partial charge on any atom is 0.122 e. The van der Waals surface area contributed by atoms with Gasteiger partial charge in [-0.15, -0.1) is 0 Å². The molecule has 1 atom stereocenters.